The highest BCUT2D eigenvalue weighted by Gasteiger charge is 2.51. The third-order valence-electron chi connectivity index (χ3n) is 5.22. The van der Waals surface area contributed by atoms with E-state index in [0.717, 1.165) is 27.6 Å². The smallest absolute Gasteiger partial charge is 0.399 e. The number of fused-ring (bicyclic) bond motifs is 1. The van der Waals surface area contributed by atoms with Crippen LogP contribution in [-0.4, -0.2) is 28.3 Å². The van der Waals surface area contributed by atoms with Gasteiger partial charge < -0.3 is 9.31 Å². The summed E-state index contributed by atoms with van der Waals surface area (Å²) < 4.78 is 12.2. The van der Waals surface area contributed by atoms with Crippen LogP contribution in [0.25, 0.3) is 22.2 Å². The second-order valence-electron chi connectivity index (χ2n) is 7.45. The number of pyridine rings is 2. The molecule has 25 heavy (non-hydrogen) atoms. The summed E-state index contributed by atoms with van der Waals surface area (Å²) in [7, 11) is -0.391. The molecular weight excluding hydrogens is 311 g/mol. The molecule has 0 saturated carbocycles. The molecule has 1 fully saturated rings. The van der Waals surface area contributed by atoms with Crippen LogP contribution in [0.3, 0.4) is 0 Å². The van der Waals surface area contributed by atoms with Gasteiger partial charge in [0.2, 0.25) is 0 Å². The average Bonchev–Trinajstić information content (AvgIpc) is 2.82. The normalized spacial score (nSPS) is 18.6. The summed E-state index contributed by atoms with van der Waals surface area (Å²) in [4.78, 5) is 9.15. The number of benzene rings is 1. The molecular formula is C20H21BN2O2. The maximum Gasteiger partial charge on any atom is 0.496 e. The van der Waals surface area contributed by atoms with Gasteiger partial charge in [0.25, 0.3) is 0 Å². The Morgan fingerprint density at radius 1 is 0.840 bits per heavy atom. The summed E-state index contributed by atoms with van der Waals surface area (Å²) in [5.41, 5.74) is 3.10. The Morgan fingerprint density at radius 2 is 1.56 bits per heavy atom. The standard InChI is InChI=1S/C20H21BN2O2/c1-19(2)20(3,4)25-21(24-19)15-10-11-17(23-13-15)16-9-5-7-14-8-6-12-22-18(14)16/h5-13H,1-4H3. The molecule has 3 aromatic rings. The van der Waals surface area contributed by atoms with Crippen molar-refractivity contribution < 1.29 is 9.31 Å². The van der Waals surface area contributed by atoms with Gasteiger partial charge in [0, 0.05) is 28.8 Å². The lowest BCUT2D eigenvalue weighted by molar-refractivity contribution is 0.00578. The second-order valence-corrected chi connectivity index (χ2v) is 7.45. The average molecular weight is 332 g/mol. The zero-order chi connectivity index (χ0) is 17.7. The van der Waals surface area contributed by atoms with E-state index in [1.807, 2.05) is 42.7 Å². The molecule has 0 spiro atoms. The minimum Gasteiger partial charge on any atom is -0.399 e. The van der Waals surface area contributed by atoms with E-state index in [9.17, 15) is 0 Å². The van der Waals surface area contributed by atoms with E-state index in [1.165, 1.54) is 0 Å². The Labute approximate surface area is 148 Å². The fourth-order valence-corrected chi connectivity index (χ4v) is 2.99. The molecule has 0 amide bonds. The topological polar surface area (TPSA) is 44.2 Å². The summed E-state index contributed by atoms with van der Waals surface area (Å²) in [6.07, 6.45) is 3.64. The van der Waals surface area contributed by atoms with Crippen LogP contribution < -0.4 is 5.46 Å². The van der Waals surface area contributed by atoms with Crippen LogP contribution in [0.15, 0.2) is 54.9 Å². The van der Waals surface area contributed by atoms with E-state index in [2.05, 4.69) is 49.8 Å². The Bertz CT molecular complexity index is 901. The highest BCUT2D eigenvalue weighted by atomic mass is 16.7. The van der Waals surface area contributed by atoms with Crippen LogP contribution in [-0.2, 0) is 9.31 Å². The maximum atomic E-state index is 6.09. The van der Waals surface area contributed by atoms with Crippen molar-refractivity contribution in [1.29, 1.82) is 0 Å². The molecule has 0 bridgehead atoms. The van der Waals surface area contributed by atoms with Gasteiger partial charge in [-0.3, -0.25) is 9.97 Å². The first-order chi connectivity index (χ1) is 11.9. The zero-order valence-electron chi connectivity index (χ0n) is 15.0. The predicted octanol–water partition coefficient (Wildman–Crippen LogP) is 3.60. The van der Waals surface area contributed by atoms with E-state index in [0.29, 0.717) is 0 Å². The molecule has 0 radical (unpaired) electrons. The van der Waals surface area contributed by atoms with E-state index in [1.54, 1.807) is 0 Å². The second kappa shape index (κ2) is 5.65. The van der Waals surface area contributed by atoms with Crippen molar-refractivity contribution in [2.24, 2.45) is 0 Å². The number of nitrogens with zero attached hydrogens (tertiary/aromatic N) is 2. The number of rotatable bonds is 2. The molecule has 1 aliphatic heterocycles. The highest BCUT2D eigenvalue weighted by Crippen LogP contribution is 2.36. The highest BCUT2D eigenvalue weighted by molar-refractivity contribution is 6.62. The lowest BCUT2D eigenvalue weighted by atomic mass is 9.80. The first-order valence-electron chi connectivity index (χ1n) is 8.53. The number of hydrogen-bond acceptors (Lipinski definition) is 4. The molecule has 4 nitrogen and oxygen atoms in total. The number of hydrogen-bond donors (Lipinski definition) is 0. The summed E-state index contributed by atoms with van der Waals surface area (Å²) in [6, 6.07) is 14.2. The van der Waals surface area contributed by atoms with Gasteiger partial charge >= 0.3 is 7.12 Å². The monoisotopic (exact) mass is 332 g/mol. The van der Waals surface area contributed by atoms with Gasteiger partial charge in [-0.25, -0.2) is 0 Å². The van der Waals surface area contributed by atoms with Crippen LogP contribution in [0.2, 0.25) is 0 Å². The van der Waals surface area contributed by atoms with Crippen molar-refractivity contribution in [1.82, 2.24) is 9.97 Å². The number of aromatic nitrogens is 2. The first-order valence-corrected chi connectivity index (χ1v) is 8.53. The Kier molecular flexibility index (Phi) is 3.67. The van der Waals surface area contributed by atoms with Gasteiger partial charge in [-0.15, -0.1) is 0 Å². The SMILES string of the molecule is CC1(C)OB(c2ccc(-c3cccc4cccnc34)nc2)OC1(C)C. The van der Waals surface area contributed by atoms with Crippen LogP contribution in [0.1, 0.15) is 27.7 Å². The molecule has 3 heterocycles. The minimum atomic E-state index is -0.391. The van der Waals surface area contributed by atoms with Crippen LogP contribution in [0.4, 0.5) is 0 Å². The molecule has 0 aliphatic carbocycles. The maximum absolute atomic E-state index is 6.09. The van der Waals surface area contributed by atoms with Crippen molar-refractivity contribution in [2.45, 2.75) is 38.9 Å². The van der Waals surface area contributed by atoms with Gasteiger partial charge in [0.1, 0.15) is 0 Å². The van der Waals surface area contributed by atoms with Crippen LogP contribution in [0.5, 0.6) is 0 Å². The summed E-state index contributed by atoms with van der Waals surface area (Å²) in [5, 5.41) is 1.11. The molecule has 1 aromatic carbocycles. The van der Waals surface area contributed by atoms with E-state index in [-0.39, 0.29) is 11.2 Å². The van der Waals surface area contributed by atoms with Gasteiger partial charge in [-0.1, -0.05) is 30.3 Å². The molecule has 2 aromatic heterocycles. The Hall–Kier alpha value is -2.24. The summed E-state index contributed by atoms with van der Waals surface area (Å²) >= 11 is 0. The van der Waals surface area contributed by atoms with Gasteiger partial charge in [0.05, 0.1) is 22.4 Å². The Morgan fingerprint density at radius 3 is 2.24 bits per heavy atom. The molecule has 1 aliphatic rings. The zero-order valence-corrected chi connectivity index (χ0v) is 15.0. The third-order valence-corrected chi connectivity index (χ3v) is 5.22. The lowest BCUT2D eigenvalue weighted by Gasteiger charge is -2.32. The van der Waals surface area contributed by atoms with Crippen molar-refractivity contribution in [3.8, 4) is 11.3 Å². The van der Waals surface area contributed by atoms with Crippen LogP contribution in [0, 0.1) is 0 Å². The van der Waals surface area contributed by atoms with E-state index in [4.69, 9.17) is 9.31 Å². The van der Waals surface area contributed by atoms with Crippen molar-refractivity contribution in [3.63, 3.8) is 0 Å². The predicted molar refractivity (Wildman–Crippen MR) is 101 cm³/mol. The molecule has 126 valence electrons. The molecule has 5 heteroatoms. The summed E-state index contributed by atoms with van der Waals surface area (Å²) in [5.74, 6) is 0. The molecule has 0 unspecified atom stereocenters. The lowest BCUT2D eigenvalue weighted by Crippen LogP contribution is -2.41. The first kappa shape index (κ1) is 16.2. The summed E-state index contributed by atoms with van der Waals surface area (Å²) in [6.45, 7) is 8.21. The molecule has 0 N–H and O–H groups in total. The number of para-hydroxylation sites is 1. The third kappa shape index (κ3) is 2.73. The van der Waals surface area contributed by atoms with Crippen molar-refractivity contribution in [2.75, 3.05) is 0 Å². The quantitative estimate of drug-likeness (QED) is 0.673. The fourth-order valence-electron chi connectivity index (χ4n) is 2.99. The largest absolute Gasteiger partial charge is 0.496 e. The van der Waals surface area contributed by atoms with Gasteiger partial charge in [-0.2, -0.15) is 0 Å². The van der Waals surface area contributed by atoms with Gasteiger partial charge in [0.15, 0.2) is 0 Å². The van der Waals surface area contributed by atoms with Crippen LogP contribution >= 0.6 is 0 Å². The van der Waals surface area contributed by atoms with E-state index >= 15 is 0 Å². The van der Waals surface area contributed by atoms with Crippen molar-refractivity contribution in [3.05, 3.63) is 54.9 Å². The Balaban J connectivity index is 1.67. The van der Waals surface area contributed by atoms with Gasteiger partial charge in [-0.05, 0) is 39.8 Å². The van der Waals surface area contributed by atoms with E-state index < -0.39 is 7.12 Å². The fraction of sp³-hybridized carbons (Fsp3) is 0.300. The molecule has 4 rings (SSSR count). The molecule has 0 atom stereocenters. The molecule has 1 saturated heterocycles. The minimum absolute atomic E-state index is 0.351. The van der Waals surface area contributed by atoms with Crippen molar-refractivity contribution >= 4 is 23.5 Å².